The Balaban J connectivity index is 1.45. The van der Waals surface area contributed by atoms with Crippen molar-refractivity contribution in [3.8, 4) is 0 Å². The smallest absolute Gasteiger partial charge is 0.321 e. The first-order valence-corrected chi connectivity index (χ1v) is 12.5. The highest BCUT2D eigenvalue weighted by Crippen LogP contribution is 2.29. The number of rotatable bonds is 6. The molecule has 1 unspecified atom stereocenters. The van der Waals surface area contributed by atoms with E-state index in [1.54, 1.807) is 0 Å². The van der Waals surface area contributed by atoms with Gasteiger partial charge in [-0.3, -0.25) is 0 Å². The molecule has 2 heterocycles. The van der Waals surface area contributed by atoms with E-state index in [9.17, 15) is 4.79 Å². The maximum absolute atomic E-state index is 12.8. The van der Waals surface area contributed by atoms with Crippen LogP contribution in [0.15, 0.2) is 23.1 Å². The lowest BCUT2D eigenvalue weighted by atomic mass is 9.96. The number of hydrogen-bond donors (Lipinski definition) is 1. The van der Waals surface area contributed by atoms with E-state index in [1.807, 2.05) is 16.7 Å². The van der Waals surface area contributed by atoms with Crippen molar-refractivity contribution < 1.29 is 4.79 Å². The van der Waals surface area contributed by atoms with E-state index in [1.165, 1.54) is 50.2 Å². The molecule has 2 saturated heterocycles. The number of likely N-dealkylation sites (tertiary alicyclic amines) is 2. The largest absolute Gasteiger partial charge is 0.325 e. The number of nitrogens with one attached hydrogen (secondary N) is 1. The van der Waals surface area contributed by atoms with Crippen LogP contribution in [0.4, 0.5) is 10.5 Å². The van der Waals surface area contributed by atoms with Crippen LogP contribution in [0, 0.1) is 12.8 Å². The van der Waals surface area contributed by atoms with Crippen molar-refractivity contribution in [1.82, 2.24) is 9.80 Å². The number of anilines is 1. The molecule has 29 heavy (non-hydrogen) atoms. The molecule has 0 aliphatic carbocycles. The minimum Gasteiger partial charge on any atom is -0.325 e. The molecule has 0 radical (unpaired) electrons. The summed E-state index contributed by atoms with van der Waals surface area (Å²) in [5.74, 6) is 0.746. The lowest BCUT2D eigenvalue weighted by Crippen LogP contribution is -2.43. The van der Waals surface area contributed by atoms with Gasteiger partial charge in [0.25, 0.3) is 0 Å². The van der Waals surface area contributed by atoms with Gasteiger partial charge in [0.15, 0.2) is 0 Å². The predicted molar refractivity (Wildman–Crippen MR) is 125 cm³/mol. The SMILES string of the molecule is CCC(C)Sc1ccc(NC(=O)N2CCC(CN3CCCCCC3)CC2)c(C)c1. The van der Waals surface area contributed by atoms with Gasteiger partial charge in [-0.2, -0.15) is 0 Å². The standard InChI is InChI=1S/C24H39N3OS/c1-4-20(3)29-22-9-10-23(19(2)17-22)25-24(28)27-15-11-21(12-16-27)18-26-13-7-5-6-8-14-26/h9-10,17,20-21H,4-8,11-16,18H2,1-3H3,(H,25,28). The molecule has 1 aromatic rings. The Hall–Kier alpha value is -1.20. The fraction of sp³-hybridized carbons (Fsp3) is 0.708. The number of amides is 2. The van der Waals surface area contributed by atoms with Crippen LogP contribution in [0.2, 0.25) is 0 Å². The van der Waals surface area contributed by atoms with Crippen molar-refractivity contribution in [3.63, 3.8) is 0 Å². The van der Waals surface area contributed by atoms with Crippen molar-refractivity contribution in [2.24, 2.45) is 5.92 Å². The normalized spacial score (nSPS) is 20.3. The summed E-state index contributed by atoms with van der Waals surface area (Å²) in [5.41, 5.74) is 2.08. The topological polar surface area (TPSA) is 35.6 Å². The summed E-state index contributed by atoms with van der Waals surface area (Å²) in [6.07, 6.45) is 8.93. The highest BCUT2D eigenvalue weighted by Gasteiger charge is 2.25. The Morgan fingerprint density at radius 2 is 1.83 bits per heavy atom. The second-order valence-electron chi connectivity index (χ2n) is 8.89. The van der Waals surface area contributed by atoms with Crippen molar-refractivity contribution in [2.45, 2.75) is 75.9 Å². The number of benzene rings is 1. The van der Waals surface area contributed by atoms with Gasteiger partial charge in [0, 0.05) is 35.5 Å². The van der Waals surface area contributed by atoms with Crippen molar-refractivity contribution in [3.05, 3.63) is 23.8 Å². The number of aryl methyl sites for hydroxylation is 1. The van der Waals surface area contributed by atoms with Gasteiger partial charge < -0.3 is 15.1 Å². The van der Waals surface area contributed by atoms with Crippen LogP contribution in [0.1, 0.15) is 64.4 Å². The van der Waals surface area contributed by atoms with E-state index in [2.05, 4.69) is 49.2 Å². The minimum absolute atomic E-state index is 0.0589. The first-order chi connectivity index (χ1) is 14.0. The zero-order valence-electron chi connectivity index (χ0n) is 18.6. The summed E-state index contributed by atoms with van der Waals surface area (Å²) < 4.78 is 0. The molecule has 1 N–H and O–H groups in total. The van der Waals surface area contributed by atoms with Crippen molar-refractivity contribution in [2.75, 3.05) is 38.0 Å². The summed E-state index contributed by atoms with van der Waals surface area (Å²) in [7, 11) is 0. The van der Waals surface area contributed by atoms with Gasteiger partial charge in [-0.15, -0.1) is 11.8 Å². The third-order valence-corrected chi connectivity index (χ3v) is 7.73. The quantitative estimate of drug-likeness (QED) is 0.576. The van der Waals surface area contributed by atoms with Crippen molar-refractivity contribution >= 4 is 23.5 Å². The average molecular weight is 418 g/mol. The molecule has 162 valence electrons. The van der Waals surface area contributed by atoms with Crippen molar-refractivity contribution in [1.29, 1.82) is 0 Å². The molecular formula is C24H39N3OS. The Morgan fingerprint density at radius 3 is 2.45 bits per heavy atom. The van der Waals surface area contributed by atoms with E-state index < -0.39 is 0 Å². The Morgan fingerprint density at radius 1 is 1.14 bits per heavy atom. The highest BCUT2D eigenvalue weighted by atomic mass is 32.2. The van der Waals surface area contributed by atoms with Crippen LogP contribution in [0.25, 0.3) is 0 Å². The maximum atomic E-state index is 12.8. The number of piperidine rings is 1. The number of thioether (sulfide) groups is 1. The lowest BCUT2D eigenvalue weighted by molar-refractivity contribution is 0.155. The monoisotopic (exact) mass is 417 g/mol. The molecule has 1 atom stereocenters. The van der Waals surface area contributed by atoms with Crippen LogP contribution < -0.4 is 5.32 Å². The van der Waals surface area contributed by atoms with Gasteiger partial charge in [0.1, 0.15) is 0 Å². The fourth-order valence-electron chi connectivity index (χ4n) is 4.36. The number of urea groups is 1. The molecular weight excluding hydrogens is 378 g/mol. The molecule has 0 bridgehead atoms. The summed E-state index contributed by atoms with van der Waals surface area (Å²) in [6, 6.07) is 6.44. The van der Waals surface area contributed by atoms with Gasteiger partial charge in [0.05, 0.1) is 0 Å². The Kier molecular flexibility index (Phi) is 8.73. The molecule has 1 aromatic carbocycles. The average Bonchev–Trinajstić information content (AvgIpc) is 2.99. The molecule has 2 aliphatic rings. The van der Waals surface area contributed by atoms with Gasteiger partial charge in [-0.25, -0.2) is 4.79 Å². The highest BCUT2D eigenvalue weighted by molar-refractivity contribution is 7.99. The van der Waals surface area contributed by atoms with E-state index in [0.717, 1.165) is 49.5 Å². The molecule has 0 aromatic heterocycles. The molecule has 2 fully saturated rings. The second-order valence-corrected chi connectivity index (χ2v) is 10.4. The zero-order valence-corrected chi connectivity index (χ0v) is 19.4. The molecule has 0 saturated carbocycles. The van der Waals surface area contributed by atoms with Gasteiger partial charge in [0.2, 0.25) is 0 Å². The van der Waals surface area contributed by atoms with Gasteiger partial charge in [-0.1, -0.05) is 26.7 Å². The number of hydrogen-bond acceptors (Lipinski definition) is 3. The van der Waals surface area contributed by atoms with E-state index in [0.29, 0.717) is 5.25 Å². The lowest BCUT2D eigenvalue weighted by Gasteiger charge is -2.34. The van der Waals surface area contributed by atoms with Crippen LogP contribution in [0.3, 0.4) is 0 Å². The van der Waals surface area contributed by atoms with E-state index in [4.69, 9.17) is 0 Å². The third kappa shape index (κ3) is 6.92. The van der Waals surface area contributed by atoms with Crippen LogP contribution in [-0.2, 0) is 0 Å². The minimum atomic E-state index is 0.0589. The first-order valence-electron chi connectivity index (χ1n) is 11.6. The van der Waals surface area contributed by atoms with Gasteiger partial charge in [-0.05, 0) is 81.8 Å². The first kappa shape index (κ1) is 22.5. The van der Waals surface area contributed by atoms with E-state index in [-0.39, 0.29) is 6.03 Å². The predicted octanol–water partition coefficient (Wildman–Crippen LogP) is 6.01. The van der Waals surface area contributed by atoms with Crippen LogP contribution in [0.5, 0.6) is 0 Å². The van der Waals surface area contributed by atoms with Gasteiger partial charge >= 0.3 is 6.03 Å². The molecule has 3 rings (SSSR count). The number of nitrogens with zero attached hydrogens (tertiary/aromatic N) is 2. The fourth-order valence-corrected chi connectivity index (χ4v) is 5.38. The van der Waals surface area contributed by atoms with E-state index >= 15 is 0 Å². The Bertz CT molecular complexity index is 650. The molecule has 0 spiro atoms. The summed E-state index contributed by atoms with van der Waals surface area (Å²) in [5, 5.41) is 3.76. The maximum Gasteiger partial charge on any atom is 0.321 e. The molecule has 2 aliphatic heterocycles. The number of carbonyl (C=O) groups excluding carboxylic acids is 1. The summed E-state index contributed by atoms with van der Waals surface area (Å²) in [6.45, 7) is 12.1. The third-order valence-electron chi connectivity index (χ3n) is 6.47. The molecule has 4 nitrogen and oxygen atoms in total. The Labute approximate surface area is 181 Å². The summed E-state index contributed by atoms with van der Waals surface area (Å²) in [4.78, 5) is 18.7. The summed E-state index contributed by atoms with van der Waals surface area (Å²) >= 11 is 1.90. The van der Waals surface area contributed by atoms with Crippen LogP contribution >= 0.6 is 11.8 Å². The molecule has 2 amide bonds. The second kappa shape index (κ2) is 11.3. The zero-order chi connectivity index (χ0) is 20.6. The number of carbonyl (C=O) groups is 1. The van der Waals surface area contributed by atoms with Crippen LogP contribution in [-0.4, -0.2) is 53.8 Å². The molecule has 5 heteroatoms.